The summed E-state index contributed by atoms with van der Waals surface area (Å²) in [5.41, 5.74) is 0. The van der Waals surface area contributed by atoms with Crippen molar-refractivity contribution in [1.29, 1.82) is 0 Å². The Morgan fingerprint density at radius 2 is 2.35 bits per heavy atom. The summed E-state index contributed by atoms with van der Waals surface area (Å²) < 4.78 is 5.37. The highest BCUT2D eigenvalue weighted by atomic mass is 35.5. The molecule has 1 fully saturated rings. The van der Waals surface area contributed by atoms with E-state index in [0.717, 1.165) is 25.3 Å². The molecule has 1 aliphatic rings. The van der Waals surface area contributed by atoms with Gasteiger partial charge >= 0.3 is 0 Å². The summed E-state index contributed by atoms with van der Waals surface area (Å²) in [4.78, 5) is 10.5. The van der Waals surface area contributed by atoms with Crippen LogP contribution >= 0.6 is 11.6 Å². The first-order chi connectivity index (χ1) is 8.20. The van der Waals surface area contributed by atoms with Gasteiger partial charge in [-0.25, -0.2) is 9.97 Å². The normalized spacial score (nSPS) is 24.8. The molecule has 94 valence electrons. The number of ether oxygens (including phenoxy) is 1. The van der Waals surface area contributed by atoms with Crippen molar-refractivity contribution >= 4 is 17.4 Å². The molecule has 2 rings (SSSR count). The molecule has 0 aliphatic carbocycles. The fourth-order valence-corrected chi connectivity index (χ4v) is 2.25. The molecule has 2 atom stereocenters. The number of nitrogens with zero attached hydrogens (tertiary/aromatic N) is 3. The molecule has 0 spiro atoms. The predicted octanol–water partition coefficient (Wildman–Crippen LogP) is 2.33. The van der Waals surface area contributed by atoms with E-state index in [1.54, 1.807) is 6.33 Å². The highest BCUT2D eigenvalue weighted by Gasteiger charge is 2.25. The Kier molecular flexibility index (Phi) is 4.05. The van der Waals surface area contributed by atoms with Gasteiger partial charge in [0.2, 0.25) is 5.88 Å². The highest BCUT2D eigenvalue weighted by Crippen LogP contribution is 2.26. The largest absolute Gasteiger partial charge is 0.478 e. The van der Waals surface area contributed by atoms with Crippen LogP contribution in [0.25, 0.3) is 0 Å². The Balaban J connectivity index is 2.09. The molecule has 0 aromatic carbocycles. The summed E-state index contributed by atoms with van der Waals surface area (Å²) in [6.07, 6.45) is 2.64. The van der Waals surface area contributed by atoms with Crippen LogP contribution in [0.15, 0.2) is 12.4 Å². The fourth-order valence-electron chi connectivity index (χ4n) is 1.96. The molecular formula is C12H18ClN3O. The SMILES string of the molecule is CCOc1cc(N2CCC(C)C(Cl)C2)ncn1. The number of halogens is 1. The van der Waals surface area contributed by atoms with Crippen molar-refractivity contribution in [3.05, 3.63) is 12.4 Å². The average molecular weight is 256 g/mol. The van der Waals surface area contributed by atoms with Crippen LogP contribution in [0.1, 0.15) is 20.3 Å². The lowest BCUT2D eigenvalue weighted by Gasteiger charge is -2.34. The van der Waals surface area contributed by atoms with Gasteiger partial charge in [0.05, 0.1) is 12.0 Å². The van der Waals surface area contributed by atoms with Crippen LogP contribution in [-0.4, -0.2) is 35.0 Å². The molecule has 0 radical (unpaired) electrons. The lowest BCUT2D eigenvalue weighted by molar-refractivity contribution is 0.326. The van der Waals surface area contributed by atoms with E-state index in [1.807, 2.05) is 13.0 Å². The molecular weight excluding hydrogens is 238 g/mol. The molecule has 2 heterocycles. The number of rotatable bonds is 3. The van der Waals surface area contributed by atoms with Crippen LogP contribution in [0.2, 0.25) is 0 Å². The smallest absolute Gasteiger partial charge is 0.218 e. The molecule has 1 saturated heterocycles. The number of piperidine rings is 1. The fraction of sp³-hybridized carbons (Fsp3) is 0.667. The third kappa shape index (κ3) is 3.00. The zero-order chi connectivity index (χ0) is 12.3. The first-order valence-corrected chi connectivity index (χ1v) is 6.48. The van der Waals surface area contributed by atoms with Crippen molar-refractivity contribution in [3.8, 4) is 5.88 Å². The number of alkyl halides is 1. The Hall–Kier alpha value is -1.03. The Morgan fingerprint density at radius 3 is 3.06 bits per heavy atom. The van der Waals surface area contributed by atoms with Gasteiger partial charge in [0.25, 0.3) is 0 Å². The van der Waals surface area contributed by atoms with E-state index in [2.05, 4.69) is 21.8 Å². The van der Waals surface area contributed by atoms with E-state index in [-0.39, 0.29) is 5.38 Å². The van der Waals surface area contributed by atoms with Gasteiger partial charge in [0.15, 0.2) is 0 Å². The monoisotopic (exact) mass is 255 g/mol. The lowest BCUT2D eigenvalue weighted by Crippen LogP contribution is -2.40. The molecule has 4 nitrogen and oxygen atoms in total. The van der Waals surface area contributed by atoms with Crippen LogP contribution in [-0.2, 0) is 0 Å². The van der Waals surface area contributed by atoms with E-state index in [0.29, 0.717) is 18.4 Å². The summed E-state index contributed by atoms with van der Waals surface area (Å²) in [5.74, 6) is 2.10. The van der Waals surface area contributed by atoms with Crippen LogP contribution < -0.4 is 9.64 Å². The lowest BCUT2D eigenvalue weighted by atomic mass is 9.99. The van der Waals surface area contributed by atoms with Crippen molar-refractivity contribution in [1.82, 2.24) is 9.97 Å². The molecule has 2 unspecified atom stereocenters. The molecule has 1 aromatic rings. The summed E-state index contributed by atoms with van der Waals surface area (Å²) in [5, 5.41) is 0.189. The second-order valence-corrected chi connectivity index (χ2v) is 4.94. The quantitative estimate of drug-likeness (QED) is 0.777. The Bertz CT molecular complexity index is 375. The zero-order valence-electron chi connectivity index (χ0n) is 10.3. The van der Waals surface area contributed by atoms with Crippen LogP contribution in [0, 0.1) is 5.92 Å². The molecule has 1 aliphatic heterocycles. The molecule has 17 heavy (non-hydrogen) atoms. The van der Waals surface area contributed by atoms with Gasteiger partial charge in [-0.1, -0.05) is 6.92 Å². The van der Waals surface area contributed by atoms with Crippen molar-refractivity contribution in [2.24, 2.45) is 5.92 Å². The molecule has 0 bridgehead atoms. The highest BCUT2D eigenvalue weighted by molar-refractivity contribution is 6.21. The maximum absolute atomic E-state index is 6.30. The minimum atomic E-state index is 0.189. The first kappa shape index (κ1) is 12.4. The molecule has 1 aromatic heterocycles. The van der Waals surface area contributed by atoms with Crippen molar-refractivity contribution in [2.75, 3.05) is 24.6 Å². The Labute approximate surface area is 107 Å². The molecule has 0 amide bonds. The van der Waals surface area contributed by atoms with Crippen LogP contribution in [0.3, 0.4) is 0 Å². The number of hydrogen-bond donors (Lipinski definition) is 0. The van der Waals surface area contributed by atoms with E-state index in [4.69, 9.17) is 16.3 Å². The van der Waals surface area contributed by atoms with E-state index in [1.165, 1.54) is 0 Å². The van der Waals surface area contributed by atoms with Crippen molar-refractivity contribution in [3.63, 3.8) is 0 Å². The number of aromatic nitrogens is 2. The number of hydrogen-bond acceptors (Lipinski definition) is 4. The summed E-state index contributed by atoms with van der Waals surface area (Å²) in [6, 6.07) is 1.88. The summed E-state index contributed by atoms with van der Waals surface area (Å²) in [7, 11) is 0. The predicted molar refractivity (Wildman–Crippen MR) is 68.8 cm³/mol. The molecule has 0 N–H and O–H groups in total. The van der Waals surface area contributed by atoms with Gasteiger partial charge in [-0.05, 0) is 19.3 Å². The second kappa shape index (κ2) is 5.54. The minimum Gasteiger partial charge on any atom is -0.478 e. The maximum atomic E-state index is 6.30. The molecule has 0 saturated carbocycles. The third-order valence-electron chi connectivity index (χ3n) is 3.11. The summed E-state index contributed by atoms with van der Waals surface area (Å²) >= 11 is 6.30. The second-order valence-electron chi connectivity index (χ2n) is 4.38. The van der Waals surface area contributed by atoms with Gasteiger partial charge in [-0.15, -0.1) is 11.6 Å². The van der Waals surface area contributed by atoms with E-state index in [9.17, 15) is 0 Å². The number of anilines is 1. The topological polar surface area (TPSA) is 38.2 Å². The van der Waals surface area contributed by atoms with Crippen molar-refractivity contribution < 1.29 is 4.74 Å². The third-order valence-corrected chi connectivity index (χ3v) is 3.68. The maximum Gasteiger partial charge on any atom is 0.218 e. The van der Waals surface area contributed by atoms with Crippen LogP contribution in [0.4, 0.5) is 5.82 Å². The minimum absolute atomic E-state index is 0.189. The van der Waals surface area contributed by atoms with E-state index >= 15 is 0 Å². The zero-order valence-corrected chi connectivity index (χ0v) is 11.0. The van der Waals surface area contributed by atoms with Crippen molar-refractivity contribution in [2.45, 2.75) is 25.6 Å². The van der Waals surface area contributed by atoms with Gasteiger partial charge in [-0.3, -0.25) is 0 Å². The summed E-state index contributed by atoms with van der Waals surface area (Å²) in [6.45, 7) is 6.59. The van der Waals surface area contributed by atoms with Crippen LogP contribution in [0.5, 0.6) is 5.88 Å². The van der Waals surface area contributed by atoms with Gasteiger partial charge in [-0.2, -0.15) is 0 Å². The first-order valence-electron chi connectivity index (χ1n) is 6.04. The average Bonchev–Trinajstić information content (AvgIpc) is 2.33. The molecule has 5 heteroatoms. The Morgan fingerprint density at radius 1 is 1.53 bits per heavy atom. The van der Waals surface area contributed by atoms with Gasteiger partial charge < -0.3 is 9.64 Å². The van der Waals surface area contributed by atoms with Gasteiger partial charge in [0.1, 0.15) is 12.1 Å². The standard InChI is InChI=1S/C12H18ClN3O/c1-3-17-12-6-11(14-8-15-12)16-5-4-9(2)10(13)7-16/h6,8-10H,3-5,7H2,1-2H3. The van der Waals surface area contributed by atoms with E-state index < -0.39 is 0 Å². The van der Waals surface area contributed by atoms with Gasteiger partial charge in [0, 0.05) is 19.2 Å².